The van der Waals surface area contributed by atoms with Gasteiger partial charge in [-0.05, 0) is 39.2 Å². The molecule has 1 fully saturated rings. The lowest BCUT2D eigenvalue weighted by atomic mass is 9.93. The third-order valence-corrected chi connectivity index (χ3v) is 3.53. The monoisotopic (exact) mass is 238 g/mol. The Morgan fingerprint density at radius 3 is 2.94 bits per heavy atom. The van der Waals surface area contributed by atoms with Crippen LogP contribution in [-0.4, -0.2) is 29.1 Å². The van der Waals surface area contributed by atoms with Crippen LogP contribution in [0.2, 0.25) is 0 Å². The van der Waals surface area contributed by atoms with Gasteiger partial charge in [-0.1, -0.05) is 0 Å². The molecule has 0 radical (unpaired) electrons. The average Bonchev–Trinajstić information content (AvgIpc) is 2.34. The molecule has 1 aliphatic heterocycles. The standard InChI is InChI=1S/C12H19FN4/c1-8-3-4-10(5-14)6-17(8)12-11(13)9(2)15-7-16-12/h7-8,10H,3-6,14H2,1-2H3. The molecular weight excluding hydrogens is 219 g/mol. The van der Waals surface area contributed by atoms with Gasteiger partial charge in [0.2, 0.25) is 0 Å². The first kappa shape index (κ1) is 12.2. The molecule has 2 atom stereocenters. The van der Waals surface area contributed by atoms with Crippen LogP contribution in [0.15, 0.2) is 6.33 Å². The Balaban J connectivity index is 2.27. The van der Waals surface area contributed by atoms with Crippen molar-refractivity contribution in [2.45, 2.75) is 32.7 Å². The van der Waals surface area contributed by atoms with Crippen molar-refractivity contribution in [1.29, 1.82) is 0 Å². The zero-order valence-corrected chi connectivity index (χ0v) is 10.4. The highest BCUT2D eigenvalue weighted by atomic mass is 19.1. The second-order valence-electron chi connectivity index (χ2n) is 4.78. The van der Waals surface area contributed by atoms with Crippen LogP contribution in [0.5, 0.6) is 0 Å². The van der Waals surface area contributed by atoms with Gasteiger partial charge in [-0.2, -0.15) is 0 Å². The highest BCUT2D eigenvalue weighted by Gasteiger charge is 2.28. The van der Waals surface area contributed by atoms with Crippen molar-refractivity contribution < 1.29 is 4.39 Å². The number of hydrogen-bond donors (Lipinski definition) is 1. The van der Waals surface area contributed by atoms with E-state index in [1.807, 2.05) is 4.90 Å². The molecule has 2 rings (SSSR count). The lowest BCUT2D eigenvalue weighted by Gasteiger charge is -2.38. The zero-order valence-electron chi connectivity index (χ0n) is 10.4. The van der Waals surface area contributed by atoms with E-state index in [4.69, 9.17) is 5.73 Å². The molecule has 4 nitrogen and oxygen atoms in total. The van der Waals surface area contributed by atoms with Crippen LogP contribution in [0.1, 0.15) is 25.5 Å². The Morgan fingerprint density at radius 1 is 1.47 bits per heavy atom. The number of hydrogen-bond acceptors (Lipinski definition) is 4. The van der Waals surface area contributed by atoms with Crippen LogP contribution in [-0.2, 0) is 0 Å². The van der Waals surface area contributed by atoms with Crippen LogP contribution >= 0.6 is 0 Å². The van der Waals surface area contributed by atoms with Crippen LogP contribution in [0.25, 0.3) is 0 Å². The molecule has 0 spiro atoms. The summed E-state index contributed by atoms with van der Waals surface area (Å²) in [6.07, 6.45) is 3.57. The fourth-order valence-electron chi connectivity index (χ4n) is 2.32. The minimum Gasteiger partial charge on any atom is -0.351 e. The van der Waals surface area contributed by atoms with E-state index < -0.39 is 0 Å². The van der Waals surface area contributed by atoms with E-state index in [1.165, 1.54) is 6.33 Å². The molecule has 2 heterocycles. The first-order chi connectivity index (χ1) is 8.13. The molecule has 0 bridgehead atoms. The second kappa shape index (κ2) is 4.96. The first-order valence-electron chi connectivity index (χ1n) is 6.07. The summed E-state index contributed by atoms with van der Waals surface area (Å²) in [6.45, 7) is 5.19. The highest BCUT2D eigenvalue weighted by molar-refractivity contribution is 5.42. The van der Waals surface area contributed by atoms with Crippen molar-refractivity contribution in [2.75, 3.05) is 18.0 Å². The van der Waals surface area contributed by atoms with E-state index in [9.17, 15) is 4.39 Å². The second-order valence-corrected chi connectivity index (χ2v) is 4.78. The summed E-state index contributed by atoms with van der Waals surface area (Å²) in [6, 6.07) is 0.307. The molecule has 0 amide bonds. The van der Waals surface area contributed by atoms with Crippen molar-refractivity contribution in [1.82, 2.24) is 9.97 Å². The number of anilines is 1. The Labute approximate surface area is 101 Å². The number of aromatic nitrogens is 2. The van der Waals surface area contributed by atoms with Crippen LogP contribution in [0.4, 0.5) is 10.2 Å². The Hall–Kier alpha value is -1.23. The largest absolute Gasteiger partial charge is 0.351 e. The zero-order chi connectivity index (χ0) is 12.4. The molecule has 1 aliphatic rings. The van der Waals surface area contributed by atoms with Crippen molar-refractivity contribution in [3.63, 3.8) is 0 Å². The van der Waals surface area contributed by atoms with Crippen molar-refractivity contribution in [3.05, 3.63) is 17.8 Å². The maximum absolute atomic E-state index is 14.0. The van der Waals surface area contributed by atoms with E-state index in [0.717, 1.165) is 19.4 Å². The van der Waals surface area contributed by atoms with E-state index in [2.05, 4.69) is 16.9 Å². The van der Waals surface area contributed by atoms with Crippen molar-refractivity contribution in [2.24, 2.45) is 11.7 Å². The van der Waals surface area contributed by atoms with Gasteiger partial charge in [0.05, 0.1) is 5.69 Å². The van der Waals surface area contributed by atoms with E-state index >= 15 is 0 Å². The Bertz CT molecular complexity index is 396. The fraction of sp³-hybridized carbons (Fsp3) is 0.667. The number of nitrogens with two attached hydrogens (primary N) is 1. The van der Waals surface area contributed by atoms with Crippen LogP contribution in [0.3, 0.4) is 0 Å². The number of nitrogens with zero attached hydrogens (tertiary/aromatic N) is 3. The van der Waals surface area contributed by atoms with Gasteiger partial charge in [-0.3, -0.25) is 0 Å². The summed E-state index contributed by atoms with van der Waals surface area (Å²) in [5.41, 5.74) is 6.10. The van der Waals surface area contributed by atoms with Crippen molar-refractivity contribution >= 4 is 5.82 Å². The number of rotatable bonds is 2. The third kappa shape index (κ3) is 2.39. The molecule has 2 N–H and O–H groups in total. The summed E-state index contributed by atoms with van der Waals surface area (Å²) in [7, 11) is 0. The van der Waals surface area contributed by atoms with Gasteiger partial charge in [0.25, 0.3) is 0 Å². The summed E-state index contributed by atoms with van der Waals surface area (Å²) in [4.78, 5) is 9.96. The molecule has 1 aromatic rings. The van der Waals surface area contributed by atoms with Gasteiger partial charge in [-0.25, -0.2) is 14.4 Å². The van der Waals surface area contributed by atoms with E-state index in [-0.39, 0.29) is 5.82 Å². The summed E-state index contributed by atoms with van der Waals surface area (Å²) in [5, 5.41) is 0. The summed E-state index contributed by atoms with van der Waals surface area (Å²) < 4.78 is 14.0. The minimum absolute atomic E-state index is 0.307. The normalized spacial score (nSPS) is 25.1. The summed E-state index contributed by atoms with van der Waals surface area (Å²) >= 11 is 0. The quantitative estimate of drug-likeness (QED) is 0.848. The average molecular weight is 238 g/mol. The molecule has 0 saturated carbocycles. The molecule has 2 unspecified atom stereocenters. The third-order valence-electron chi connectivity index (χ3n) is 3.53. The van der Waals surface area contributed by atoms with E-state index in [0.29, 0.717) is 30.0 Å². The first-order valence-corrected chi connectivity index (χ1v) is 6.07. The van der Waals surface area contributed by atoms with Gasteiger partial charge in [0.15, 0.2) is 11.6 Å². The maximum Gasteiger partial charge on any atom is 0.186 e. The molecule has 1 aromatic heterocycles. The highest BCUT2D eigenvalue weighted by Crippen LogP contribution is 2.27. The SMILES string of the molecule is Cc1ncnc(N2CC(CN)CCC2C)c1F. The van der Waals surface area contributed by atoms with Gasteiger partial charge in [0, 0.05) is 12.6 Å². The molecule has 94 valence electrons. The topological polar surface area (TPSA) is 55.0 Å². The van der Waals surface area contributed by atoms with Crippen molar-refractivity contribution in [3.8, 4) is 0 Å². The lowest BCUT2D eigenvalue weighted by Crippen LogP contribution is -2.44. The number of piperidine rings is 1. The number of aryl methyl sites for hydroxylation is 1. The molecule has 17 heavy (non-hydrogen) atoms. The Morgan fingerprint density at radius 2 is 2.24 bits per heavy atom. The fourth-order valence-corrected chi connectivity index (χ4v) is 2.32. The van der Waals surface area contributed by atoms with Crippen LogP contribution in [0, 0.1) is 18.7 Å². The van der Waals surface area contributed by atoms with Crippen LogP contribution < -0.4 is 10.6 Å². The molecule has 5 heteroatoms. The molecule has 1 saturated heterocycles. The maximum atomic E-state index is 14.0. The molecule has 0 aliphatic carbocycles. The minimum atomic E-state index is -0.308. The summed E-state index contributed by atoms with van der Waals surface area (Å²) in [5.74, 6) is 0.543. The van der Waals surface area contributed by atoms with Gasteiger partial charge >= 0.3 is 0 Å². The predicted octanol–water partition coefficient (Wildman–Crippen LogP) is 1.49. The smallest absolute Gasteiger partial charge is 0.186 e. The number of halogens is 1. The molecule has 0 aromatic carbocycles. The Kier molecular flexibility index (Phi) is 3.57. The van der Waals surface area contributed by atoms with Gasteiger partial charge in [0.1, 0.15) is 6.33 Å². The van der Waals surface area contributed by atoms with Gasteiger partial charge in [-0.15, -0.1) is 0 Å². The predicted molar refractivity (Wildman–Crippen MR) is 65.3 cm³/mol. The molecular formula is C12H19FN4. The van der Waals surface area contributed by atoms with E-state index in [1.54, 1.807) is 6.92 Å². The van der Waals surface area contributed by atoms with Gasteiger partial charge < -0.3 is 10.6 Å². The lowest BCUT2D eigenvalue weighted by molar-refractivity contribution is 0.367.